The summed E-state index contributed by atoms with van der Waals surface area (Å²) in [6, 6.07) is 0. The van der Waals surface area contributed by atoms with E-state index in [9.17, 15) is 0 Å². The van der Waals surface area contributed by atoms with Gasteiger partial charge in [-0.1, -0.05) is 13.3 Å². The molecule has 0 aromatic carbocycles. The fraction of sp³-hybridized carbons (Fsp3) is 0.857. The lowest BCUT2D eigenvalue weighted by Gasteiger charge is -2.05. The average Bonchev–Trinajstić information content (AvgIpc) is 1.89. The second-order valence-electron chi connectivity index (χ2n) is 2.00. The third-order valence-corrected chi connectivity index (χ3v) is 1.34. The Morgan fingerprint density at radius 3 is 2.70 bits per heavy atom. The Morgan fingerprint density at radius 1 is 1.50 bits per heavy atom. The van der Waals surface area contributed by atoms with Gasteiger partial charge in [-0.05, 0) is 25.6 Å². The summed E-state index contributed by atoms with van der Waals surface area (Å²) < 4.78 is 5.01. The molecule has 60 valence electrons. The predicted molar refractivity (Wildman–Crippen MR) is 47.1 cm³/mol. The summed E-state index contributed by atoms with van der Waals surface area (Å²) in [7, 11) is 0. The molecule has 0 saturated carbocycles. The first-order valence-corrected chi connectivity index (χ1v) is 4.12. The Labute approximate surface area is 68.0 Å². The van der Waals surface area contributed by atoms with Gasteiger partial charge in [-0.3, -0.25) is 0 Å². The highest BCUT2D eigenvalue weighted by atomic mass is 32.1. The minimum Gasteiger partial charge on any atom is -0.471 e. The van der Waals surface area contributed by atoms with Crippen molar-refractivity contribution in [2.45, 2.75) is 26.7 Å². The molecule has 0 radical (unpaired) electrons. The van der Waals surface area contributed by atoms with Gasteiger partial charge < -0.3 is 10.1 Å². The third kappa shape index (κ3) is 5.82. The Bertz CT molecular complexity index is 95.6. The molecule has 0 aromatic heterocycles. The molecule has 0 aliphatic rings. The van der Waals surface area contributed by atoms with Gasteiger partial charge in [-0.25, -0.2) is 0 Å². The molecule has 0 aliphatic carbocycles. The van der Waals surface area contributed by atoms with E-state index in [1.54, 1.807) is 0 Å². The van der Waals surface area contributed by atoms with Crippen molar-refractivity contribution in [3.05, 3.63) is 0 Å². The zero-order chi connectivity index (χ0) is 7.82. The summed E-state index contributed by atoms with van der Waals surface area (Å²) >= 11 is 4.83. The van der Waals surface area contributed by atoms with E-state index in [-0.39, 0.29) is 0 Å². The number of unbranched alkanes of at least 4 members (excludes halogenated alkanes) is 1. The van der Waals surface area contributed by atoms with Gasteiger partial charge in [0.1, 0.15) is 0 Å². The maximum atomic E-state index is 5.01. The van der Waals surface area contributed by atoms with Crippen LogP contribution in [0.25, 0.3) is 0 Å². The van der Waals surface area contributed by atoms with E-state index in [2.05, 4.69) is 12.2 Å². The molecule has 0 amide bonds. The van der Waals surface area contributed by atoms with Crippen LogP contribution >= 0.6 is 12.2 Å². The van der Waals surface area contributed by atoms with Crippen LogP contribution in [-0.2, 0) is 4.74 Å². The molecule has 0 unspecified atom stereocenters. The van der Waals surface area contributed by atoms with Crippen molar-refractivity contribution in [2.24, 2.45) is 0 Å². The van der Waals surface area contributed by atoms with Crippen molar-refractivity contribution in [3.63, 3.8) is 0 Å². The SMILES string of the molecule is CCCCNC(=S)OCC. The Kier molecular flexibility index (Phi) is 6.59. The number of ether oxygens (including phenoxy) is 1. The van der Waals surface area contributed by atoms with Gasteiger partial charge in [0, 0.05) is 6.54 Å². The fourth-order valence-electron chi connectivity index (χ4n) is 0.549. The minimum absolute atomic E-state index is 0.524. The maximum Gasteiger partial charge on any atom is 0.256 e. The van der Waals surface area contributed by atoms with Crippen LogP contribution in [0.15, 0.2) is 0 Å². The largest absolute Gasteiger partial charge is 0.471 e. The molecule has 1 N–H and O–H groups in total. The van der Waals surface area contributed by atoms with Gasteiger partial charge in [0.05, 0.1) is 6.61 Å². The Hall–Kier alpha value is -0.310. The van der Waals surface area contributed by atoms with E-state index in [1.165, 1.54) is 6.42 Å². The first-order valence-electron chi connectivity index (χ1n) is 3.71. The van der Waals surface area contributed by atoms with E-state index in [0.717, 1.165) is 13.0 Å². The van der Waals surface area contributed by atoms with Crippen LogP contribution in [0, 0.1) is 0 Å². The quantitative estimate of drug-likeness (QED) is 0.501. The zero-order valence-corrected chi connectivity index (χ0v) is 7.46. The van der Waals surface area contributed by atoms with Crippen molar-refractivity contribution in [1.82, 2.24) is 5.32 Å². The van der Waals surface area contributed by atoms with E-state index in [0.29, 0.717) is 11.8 Å². The third-order valence-electron chi connectivity index (χ3n) is 1.08. The smallest absolute Gasteiger partial charge is 0.256 e. The highest BCUT2D eigenvalue weighted by molar-refractivity contribution is 7.80. The predicted octanol–water partition coefficient (Wildman–Crippen LogP) is 1.70. The summed E-state index contributed by atoms with van der Waals surface area (Å²) in [5.74, 6) is 0. The molecule has 0 rings (SSSR count). The first kappa shape index (κ1) is 9.69. The van der Waals surface area contributed by atoms with Gasteiger partial charge in [0.2, 0.25) is 0 Å². The van der Waals surface area contributed by atoms with E-state index in [1.807, 2.05) is 6.92 Å². The second-order valence-corrected chi connectivity index (χ2v) is 2.37. The van der Waals surface area contributed by atoms with Crippen molar-refractivity contribution >= 4 is 17.4 Å². The summed E-state index contributed by atoms with van der Waals surface area (Å²) in [5, 5.41) is 3.52. The molecule has 0 fully saturated rings. The molecular weight excluding hydrogens is 146 g/mol. The lowest BCUT2D eigenvalue weighted by atomic mass is 10.3. The van der Waals surface area contributed by atoms with Crippen LogP contribution in [0.2, 0.25) is 0 Å². The topological polar surface area (TPSA) is 21.3 Å². The molecule has 0 heterocycles. The van der Waals surface area contributed by atoms with Gasteiger partial charge in [-0.15, -0.1) is 0 Å². The maximum absolute atomic E-state index is 5.01. The van der Waals surface area contributed by atoms with Crippen molar-refractivity contribution in [1.29, 1.82) is 0 Å². The van der Waals surface area contributed by atoms with E-state index < -0.39 is 0 Å². The highest BCUT2D eigenvalue weighted by Crippen LogP contribution is 1.84. The van der Waals surface area contributed by atoms with Crippen LogP contribution in [-0.4, -0.2) is 18.3 Å². The van der Waals surface area contributed by atoms with Crippen molar-refractivity contribution in [3.8, 4) is 0 Å². The molecule has 0 bridgehead atoms. The number of hydrogen-bond acceptors (Lipinski definition) is 2. The van der Waals surface area contributed by atoms with Crippen LogP contribution < -0.4 is 5.32 Å². The molecule has 0 saturated heterocycles. The van der Waals surface area contributed by atoms with Gasteiger partial charge in [-0.2, -0.15) is 0 Å². The normalized spacial score (nSPS) is 9.00. The molecule has 10 heavy (non-hydrogen) atoms. The summed E-state index contributed by atoms with van der Waals surface area (Å²) in [6.07, 6.45) is 2.33. The zero-order valence-electron chi connectivity index (χ0n) is 6.64. The monoisotopic (exact) mass is 161 g/mol. The molecule has 0 atom stereocenters. The summed E-state index contributed by atoms with van der Waals surface area (Å²) in [4.78, 5) is 0. The van der Waals surface area contributed by atoms with E-state index in [4.69, 9.17) is 17.0 Å². The highest BCUT2D eigenvalue weighted by Gasteiger charge is 1.91. The lowest BCUT2D eigenvalue weighted by molar-refractivity contribution is 0.320. The van der Waals surface area contributed by atoms with Crippen LogP contribution in [0.1, 0.15) is 26.7 Å². The first-order chi connectivity index (χ1) is 4.81. The fourth-order valence-corrected chi connectivity index (χ4v) is 0.769. The minimum atomic E-state index is 0.524. The number of hydrogen-bond donors (Lipinski definition) is 1. The summed E-state index contributed by atoms with van der Waals surface area (Å²) in [5.41, 5.74) is 0. The van der Waals surface area contributed by atoms with Gasteiger partial charge in [0.15, 0.2) is 0 Å². The Balaban J connectivity index is 3.05. The standard InChI is InChI=1S/C7H15NOS/c1-3-5-6-8-7(10)9-4-2/h3-6H2,1-2H3,(H,8,10). The molecule has 3 heteroatoms. The van der Waals surface area contributed by atoms with Gasteiger partial charge >= 0.3 is 0 Å². The van der Waals surface area contributed by atoms with Crippen LogP contribution in [0.5, 0.6) is 0 Å². The van der Waals surface area contributed by atoms with Crippen LogP contribution in [0.4, 0.5) is 0 Å². The number of thiocarbonyl (C=S) groups is 1. The molecule has 2 nitrogen and oxygen atoms in total. The van der Waals surface area contributed by atoms with Crippen molar-refractivity contribution in [2.75, 3.05) is 13.2 Å². The van der Waals surface area contributed by atoms with Crippen LogP contribution in [0.3, 0.4) is 0 Å². The molecule has 0 spiro atoms. The molecule has 0 aromatic rings. The van der Waals surface area contributed by atoms with Crippen molar-refractivity contribution < 1.29 is 4.74 Å². The number of nitrogens with one attached hydrogen (secondary N) is 1. The lowest BCUT2D eigenvalue weighted by Crippen LogP contribution is -2.24. The Morgan fingerprint density at radius 2 is 2.20 bits per heavy atom. The van der Waals surface area contributed by atoms with E-state index >= 15 is 0 Å². The van der Waals surface area contributed by atoms with Gasteiger partial charge in [0.25, 0.3) is 5.17 Å². The molecular formula is C7H15NOS. The summed E-state index contributed by atoms with van der Waals surface area (Å²) in [6.45, 7) is 5.65. The average molecular weight is 161 g/mol. The second kappa shape index (κ2) is 6.81. The molecule has 0 aliphatic heterocycles. The number of rotatable bonds is 4.